The standard InChI is InChI=1S/C15H22N4OS/c1-2-3-4-5-6-7-8-18-14(20)13-11(16)12-15(21-13)19-10-9-17-12/h9-10H,2-8,16H2,1H3,(H,18,20). The van der Waals surface area contributed by atoms with Gasteiger partial charge in [0.2, 0.25) is 0 Å². The number of carbonyl (C=O) groups excluding carboxylic acids is 1. The van der Waals surface area contributed by atoms with Gasteiger partial charge < -0.3 is 11.1 Å². The molecule has 0 aliphatic carbocycles. The topological polar surface area (TPSA) is 80.9 Å². The lowest BCUT2D eigenvalue weighted by molar-refractivity contribution is 0.0958. The fourth-order valence-corrected chi connectivity index (χ4v) is 3.14. The molecule has 0 aliphatic heterocycles. The van der Waals surface area contributed by atoms with E-state index in [1.165, 1.54) is 37.0 Å². The van der Waals surface area contributed by atoms with E-state index in [1.54, 1.807) is 12.4 Å². The Kier molecular flexibility index (Phi) is 5.92. The van der Waals surface area contributed by atoms with Gasteiger partial charge in [0.05, 0.1) is 5.69 Å². The van der Waals surface area contributed by atoms with Crippen molar-refractivity contribution in [3.8, 4) is 0 Å². The number of nitrogens with one attached hydrogen (secondary N) is 1. The predicted octanol–water partition coefficient (Wildman–Crippen LogP) is 3.36. The first-order valence-corrected chi connectivity index (χ1v) is 8.33. The van der Waals surface area contributed by atoms with Crippen molar-refractivity contribution in [3.63, 3.8) is 0 Å². The summed E-state index contributed by atoms with van der Waals surface area (Å²) in [5, 5.41) is 2.93. The first-order valence-electron chi connectivity index (χ1n) is 7.51. The van der Waals surface area contributed by atoms with Crippen LogP contribution in [0, 0.1) is 0 Å². The highest BCUT2D eigenvalue weighted by Crippen LogP contribution is 2.30. The van der Waals surface area contributed by atoms with Crippen molar-refractivity contribution >= 4 is 33.3 Å². The van der Waals surface area contributed by atoms with Crippen molar-refractivity contribution in [1.29, 1.82) is 0 Å². The quantitative estimate of drug-likeness (QED) is 0.733. The van der Waals surface area contributed by atoms with E-state index < -0.39 is 0 Å². The molecule has 0 aromatic carbocycles. The molecule has 114 valence electrons. The molecule has 0 saturated heterocycles. The summed E-state index contributed by atoms with van der Waals surface area (Å²) in [5.74, 6) is -0.120. The van der Waals surface area contributed by atoms with Crippen LogP contribution in [0.1, 0.15) is 55.1 Å². The molecule has 0 bridgehead atoms. The molecule has 2 aromatic heterocycles. The molecule has 0 atom stereocenters. The van der Waals surface area contributed by atoms with Gasteiger partial charge in [-0.05, 0) is 6.42 Å². The molecular formula is C15H22N4OS. The number of unbranched alkanes of at least 4 members (excludes halogenated alkanes) is 5. The molecule has 6 heteroatoms. The molecule has 0 radical (unpaired) electrons. The number of anilines is 1. The zero-order valence-electron chi connectivity index (χ0n) is 12.4. The summed E-state index contributed by atoms with van der Waals surface area (Å²) in [4.78, 5) is 21.7. The number of carbonyl (C=O) groups is 1. The van der Waals surface area contributed by atoms with Crippen LogP contribution in [-0.2, 0) is 0 Å². The molecule has 0 spiro atoms. The molecule has 2 rings (SSSR count). The highest BCUT2D eigenvalue weighted by molar-refractivity contribution is 7.21. The lowest BCUT2D eigenvalue weighted by atomic mass is 10.1. The van der Waals surface area contributed by atoms with Crippen LogP contribution in [0.2, 0.25) is 0 Å². The van der Waals surface area contributed by atoms with E-state index in [2.05, 4.69) is 22.2 Å². The summed E-state index contributed by atoms with van der Waals surface area (Å²) in [6.45, 7) is 2.90. The molecule has 2 aromatic rings. The molecule has 5 nitrogen and oxygen atoms in total. The third-order valence-corrected chi connectivity index (χ3v) is 4.49. The molecule has 0 saturated carbocycles. The van der Waals surface area contributed by atoms with Crippen LogP contribution in [0.15, 0.2) is 12.4 Å². The van der Waals surface area contributed by atoms with Gasteiger partial charge in [0.1, 0.15) is 15.2 Å². The number of thiophene rings is 1. The van der Waals surface area contributed by atoms with Crippen LogP contribution < -0.4 is 11.1 Å². The average molecular weight is 306 g/mol. The smallest absolute Gasteiger partial charge is 0.263 e. The summed E-state index contributed by atoms with van der Waals surface area (Å²) >= 11 is 1.30. The summed E-state index contributed by atoms with van der Waals surface area (Å²) in [5.41, 5.74) is 7.02. The Bertz CT molecular complexity index is 596. The number of nitrogens with two attached hydrogens (primary N) is 1. The van der Waals surface area contributed by atoms with E-state index in [1.807, 2.05) is 0 Å². The van der Waals surface area contributed by atoms with Crippen LogP contribution in [-0.4, -0.2) is 22.4 Å². The van der Waals surface area contributed by atoms with E-state index in [0.29, 0.717) is 27.5 Å². The maximum atomic E-state index is 12.1. The zero-order valence-corrected chi connectivity index (χ0v) is 13.2. The number of fused-ring (bicyclic) bond motifs is 1. The van der Waals surface area contributed by atoms with E-state index in [9.17, 15) is 4.79 Å². The van der Waals surface area contributed by atoms with Crippen LogP contribution in [0.4, 0.5) is 5.69 Å². The predicted molar refractivity (Wildman–Crippen MR) is 87.5 cm³/mol. The van der Waals surface area contributed by atoms with Gasteiger partial charge in [0.15, 0.2) is 0 Å². The van der Waals surface area contributed by atoms with Crippen molar-refractivity contribution in [2.45, 2.75) is 45.4 Å². The first kappa shape index (κ1) is 15.7. The normalized spacial score (nSPS) is 10.9. The second kappa shape index (κ2) is 7.93. The van der Waals surface area contributed by atoms with Gasteiger partial charge in [0, 0.05) is 18.9 Å². The lowest BCUT2D eigenvalue weighted by Gasteiger charge is -2.04. The number of amides is 1. The first-order chi connectivity index (χ1) is 10.2. The van der Waals surface area contributed by atoms with Crippen molar-refractivity contribution in [2.24, 2.45) is 0 Å². The summed E-state index contributed by atoms with van der Waals surface area (Å²) in [6.07, 6.45) is 10.4. The lowest BCUT2D eigenvalue weighted by Crippen LogP contribution is -2.24. The fourth-order valence-electron chi connectivity index (χ4n) is 2.20. The fraction of sp³-hybridized carbons (Fsp3) is 0.533. The Morgan fingerprint density at radius 2 is 1.90 bits per heavy atom. The molecule has 2 heterocycles. The van der Waals surface area contributed by atoms with Crippen molar-refractivity contribution in [2.75, 3.05) is 12.3 Å². The van der Waals surface area contributed by atoms with E-state index in [-0.39, 0.29) is 5.91 Å². The Balaban J connectivity index is 1.81. The molecule has 0 aliphatic rings. The van der Waals surface area contributed by atoms with Crippen molar-refractivity contribution in [1.82, 2.24) is 15.3 Å². The van der Waals surface area contributed by atoms with Crippen LogP contribution in [0.3, 0.4) is 0 Å². The van der Waals surface area contributed by atoms with E-state index in [0.717, 1.165) is 12.8 Å². The highest BCUT2D eigenvalue weighted by Gasteiger charge is 2.17. The monoisotopic (exact) mass is 306 g/mol. The van der Waals surface area contributed by atoms with E-state index >= 15 is 0 Å². The maximum Gasteiger partial charge on any atom is 0.263 e. The highest BCUT2D eigenvalue weighted by atomic mass is 32.1. The van der Waals surface area contributed by atoms with Crippen molar-refractivity contribution < 1.29 is 4.79 Å². The second-order valence-electron chi connectivity index (χ2n) is 5.08. The van der Waals surface area contributed by atoms with Gasteiger partial charge in [-0.1, -0.05) is 39.0 Å². The molecule has 1 amide bonds. The number of nitrogen functional groups attached to an aromatic ring is 1. The Morgan fingerprint density at radius 3 is 2.67 bits per heavy atom. The third-order valence-electron chi connectivity index (χ3n) is 3.39. The van der Waals surface area contributed by atoms with Crippen LogP contribution in [0.5, 0.6) is 0 Å². The minimum Gasteiger partial charge on any atom is -0.396 e. The number of nitrogens with zero attached hydrogens (tertiary/aromatic N) is 2. The Labute approximate surface area is 129 Å². The molecule has 0 fully saturated rings. The number of aromatic nitrogens is 2. The minimum atomic E-state index is -0.120. The van der Waals surface area contributed by atoms with Gasteiger partial charge in [-0.3, -0.25) is 4.79 Å². The van der Waals surface area contributed by atoms with Crippen molar-refractivity contribution in [3.05, 3.63) is 17.3 Å². The Hall–Kier alpha value is -1.69. The largest absolute Gasteiger partial charge is 0.396 e. The van der Waals surface area contributed by atoms with Crippen LogP contribution in [0.25, 0.3) is 10.3 Å². The maximum absolute atomic E-state index is 12.1. The molecule has 0 unspecified atom stereocenters. The Morgan fingerprint density at radius 1 is 1.19 bits per heavy atom. The summed E-state index contributed by atoms with van der Waals surface area (Å²) < 4.78 is 0. The molecular weight excluding hydrogens is 284 g/mol. The number of hydrogen-bond acceptors (Lipinski definition) is 5. The number of rotatable bonds is 8. The SMILES string of the molecule is CCCCCCCCNC(=O)c1sc2nccnc2c1N. The van der Waals surface area contributed by atoms with E-state index in [4.69, 9.17) is 5.73 Å². The summed E-state index contributed by atoms with van der Waals surface area (Å²) in [7, 11) is 0. The zero-order chi connectivity index (χ0) is 15.1. The minimum absolute atomic E-state index is 0.120. The van der Waals surface area contributed by atoms with Gasteiger partial charge in [-0.2, -0.15) is 0 Å². The second-order valence-corrected chi connectivity index (χ2v) is 6.08. The van der Waals surface area contributed by atoms with Gasteiger partial charge >= 0.3 is 0 Å². The van der Waals surface area contributed by atoms with Gasteiger partial charge in [-0.25, -0.2) is 9.97 Å². The number of hydrogen-bond donors (Lipinski definition) is 2. The average Bonchev–Trinajstić information content (AvgIpc) is 2.84. The summed E-state index contributed by atoms with van der Waals surface area (Å²) in [6, 6.07) is 0. The van der Waals surface area contributed by atoms with Gasteiger partial charge in [0.25, 0.3) is 5.91 Å². The third kappa shape index (κ3) is 4.14. The van der Waals surface area contributed by atoms with Crippen LogP contribution >= 0.6 is 11.3 Å². The molecule has 3 N–H and O–H groups in total. The van der Waals surface area contributed by atoms with Gasteiger partial charge in [-0.15, -0.1) is 11.3 Å². The molecule has 21 heavy (non-hydrogen) atoms.